The van der Waals surface area contributed by atoms with Crippen LogP contribution < -0.4 is 0 Å². The summed E-state index contributed by atoms with van der Waals surface area (Å²) in [7, 11) is 3.17. The van der Waals surface area contributed by atoms with Crippen molar-refractivity contribution < 1.29 is 22.7 Å². The van der Waals surface area contributed by atoms with Crippen LogP contribution in [0.25, 0.3) is 0 Å². The zero-order valence-corrected chi connectivity index (χ0v) is 16.5. The molecule has 9 heteroatoms. The van der Waals surface area contributed by atoms with Crippen molar-refractivity contribution in [2.75, 3.05) is 61.1 Å². The van der Waals surface area contributed by atoms with E-state index in [1.54, 1.807) is 28.2 Å². The molecule has 2 fully saturated rings. The average Bonchev–Trinajstić information content (AvgIpc) is 2.93. The summed E-state index contributed by atoms with van der Waals surface area (Å²) in [6, 6.07) is 0. The zero-order chi connectivity index (χ0) is 18.7. The molecule has 146 valence electrons. The van der Waals surface area contributed by atoms with Gasteiger partial charge in [-0.1, -0.05) is 0 Å². The van der Waals surface area contributed by atoms with Crippen molar-refractivity contribution in [3.8, 4) is 0 Å². The van der Waals surface area contributed by atoms with Gasteiger partial charge in [-0.3, -0.25) is 4.79 Å². The molecule has 0 unspecified atom stereocenters. The Morgan fingerprint density at radius 3 is 2.44 bits per heavy atom. The zero-order valence-electron chi connectivity index (χ0n) is 15.7. The van der Waals surface area contributed by atoms with E-state index in [1.165, 1.54) is 13.5 Å². The van der Waals surface area contributed by atoms with Gasteiger partial charge in [0.05, 0.1) is 5.60 Å². The fourth-order valence-corrected chi connectivity index (χ4v) is 4.69. The van der Waals surface area contributed by atoms with Gasteiger partial charge >= 0.3 is 0 Å². The van der Waals surface area contributed by atoms with Crippen molar-refractivity contribution >= 4 is 16.1 Å². The van der Waals surface area contributed by atoms with E-state index in [9.17, 15) is 13.2 Å². The van der Waals surface area contributed by atoms with Gasteiger partial charge in [0.2, 0.25) is 5.91 Å². The lowest BCUT2D eigenvalue weighted by molar-refractivity contribution is -0.133. The number of likely N-dealkylation sites (N-methyl/N-ethyl adjacent to an activating group) is 1. The number of hydrogen-bond acceptors (Lipinski definition) is 5. The summed E-state index contributed by atoms with van der Waals surface area (Å²) in [5.41, 5.74) is -0.243. The highest BCUT2D eigenvalue weighted by Gasteiger charge is 2.47. The van der Waals surface area contributed by atoms with Crippen molar-refractivity contribution in [2.45, 2.75) is 31.3 Å². The molecule has 1 atom stereocenters. The van der Waals surface area contributed by atoms with Crippen molar-refractivity contribution in [3.63, 3.8) is 0 Å². The topological polar surface area (TPSA) is 79.4 Å². The Labute approximate surface area is 151 Å². The summed E-state index contributed by atoms with van der Waals surface area (Å²) in [5, 5.41) is 0. The first-order valence-electron chi connectivity index (χ1n) is 8.78. The Kier molecular flexibility index (Phi) is 6.83. The number of hydrogen-bond donors (Lipinski definition) is 0. The van der Waals surface area contributed by atoms with Gasteiger partial charge in [0.15, 0.2) is 0 Å². The van der Waals surface area contributed by atoms with Crippen LogP contribution in [-0.2, 0) is 24.5 Å². The SMILES string of the molecule is CN(C)C(=O)COCC[C@@H]1CCOC12CCN(S(=O)(=O)N(C)C)CC2. The lowest BCUT2D eigenvalue weighted by Gasteiger charge is -2.42. The molecule has 2 aliphatic rings. The summed E-state index contributed by atoms with van der Waals surface area (Å²) in [5.74, 6) is 0.311. The molecule has 0 aromatic heterocycles. The molecule has 2 aliphatic heterocycles. The molecule has 0 aromatic rings. The minimum absolute atomic E-state index is 0.0421. The van der Waals surface area contributed by atoms with Crippen LogP contribution in [0, 0.1) is 5.92 Å². The summed E-state index contributed by atoms with van der Waals surface area (Å²) in [6.07, 6.45) is 3.22. The van der Waals surface area contributed by atoms with E-state index in [0.717, 1.165) is 12.8 Å². The molecule has 1 amide bonds. The quantitative estimate of drug-likeness (QED) is 0.591. The number of piperidine rings is 1. The molecule has 8 nitrogen and oxygen atoms in total. The van der Waals surface area contributed by atoms with Gasteiger partial charge in [-0.2, -0.15) is 17.0 Å². The van der Waals surface area contributed by atoms with Gasteiger partial charge in [-0.15, -0.1) is 0 Å². The molecule has 2 rings (SSSR count). The van der Waals surface area contributed by atoms with Gasteiger partial charge in [-0.05, 0) is 31.6 Å². The fraction of sp³-hybridized carbons (Fsp3) is 0.938. The molecule has 2 heterocycles. The van der Waals surface area contributed by atoms with E-state index in [-0.39, 0.29) is 18.1 Å². The first-order chi connectivity index (χ1) is 11.7. The normalized spacial score (nSPS) is 24.1. The maximum Gasteiger partial charge on any atom is 0.281 e. The van der Waals surface area contributed by atoms with Crippen molar-refractivity contribution in [1.82, 2.24) is 13.5 Å². The number of carbonyl (C=O) groups excluding carboxylic acids is 1. The molecule has 0 radical (unpaired) electrons. The fourth-order valence-electron chi connectivity index (χ4n) is 3.59. The van der Waals surface area contributed by atoms with Crippen molar-refractivity contribution in [2.24, 2.45) is 5.92 Å². The largest absolute Gasteiger partial charge is 0.375 e. The monoisotopic (exact) mass is 377 g/mol. The Morgan fingerprint density at radius 1 is 1.24 bits per heavy atom. The summed E-state index contributed by atoms with van der Waals surface area (Å²) in [4.78, 5) is 13.0. The molecular formula is C16H31N3O5S. The van der Waals surface area contributed by atoms with E-state index in [0.29, 0.717) is 45.1 Å². The van der Waals surface area contributed by atoms with Gasteiger partial charge in [0.1, 0.15) is 6.61 Å². The lowest BCUT2D eigenvalue weighted by atomic mass is 9.78. The molecule has 25 heavy (non-hydrogen) atoms. The van der Waals surface area contributed by atoms with Gasteiger partial charge in [0.25, 0.3) is 10.2 Å². The predicted octanol–water partition coefficient (Wildman–Crippen LogP) is 0.159. The van der Waals surface area contributed by atoms with Crippen LogP contribution in [0.5, 0.6) is 0 Å². The number of amides is 1. The second-order valence-corrected chi connectivity index (χ2v) is 9.36. The van der Waals surface area contributed by atoms with Crippen LogP contribution >= 0.6 is 0 Å². The Bertz CT molecular complexity index is 556. The molecule has 0 N–H and O–H groups in total. The highest BCUT2D eigenvalue weighted by atomic mass is 32.2. The van der Waals surface area contributed by atoms with Crippen molar-refractivity contribution in [1.29, 1.82) is 0 Å². The molecule has 0 saturated carbocycles. The van der Waals surface area contributed by atoms with Gasteiger partial charge < -0.3 is 14.4 Å². The van der Waals surface area contributed by atoms with Gasteiger partial charge in [0, 0.05) is 54.5 Å². The number of ether oxygens (including phenoxy) is 2. The van der Waals surface area contributed by atoms with Gasteiger partial charge in [-0.25, -0.2) is 0 Å². The van der Waals surface area contributed by atoms with Crippen LogP contribution in [0.2, 0.25) is 0 Å². The maximum absolute atomic E-state index is 12.3. The Hall–Kier alpha value is -0.740. The summed E-state index contributed by atoms with van der Waals surface area (Å²) in [6.45, 7) is 2.30. The number of rotatable bonds is 7. The standard InChI is InChI=1S/C16H31N3O5S/c1-17(2)15(20)13-23-11-5-14-6-12-24-16(14)7-9-19(10-8-16)25(21,22)18(3)4/h14H,5-13H2,1-4H3/t14-/m1/s1. The minimum Gasteiger partial charge on any atom is -0.375 e. The molecule has 2 saturated heterocycles. The highest BCUT2D eigenvalue weighted by molar-refractivity contribution is 7.86. The van der Waals surface area contributed by atoms with Crippen LogP contribution in [0.1, 0.15) is 25.7 Å². The Morgan fingerprint density at radius 2 is 1.88 bits per heavy atom. The second-order valence-electron chi connectivity index (χ2n) is 7.22. The van der Waals surface area contributed by atoms with E-state index in [4.69, 9.17) is 9.47 Å². The molecule has 0 aliphatic carbocycles. The third-order valence-electron chi connectivity index (χ3n) is 5.29. The number of carbonyl (C=O) groups is 1. The third kappa shape index (κ3) is 4.71. The van der Waals surface area contributed by atoms with Crippen molar-refractivity contribution in [3.05, 3.63) is 0 Å². The van der Waals surface area contributed by atoms with E-state index in [2.05, 4.69) is 0 Å². The molecule has 0 bridgehead atoms. The van der Waals surface area contributed by atoms with Crippen LogP contribution in [0.4, 0.5) is 0 Å². The molecular weight excluding hydrogens is 346 g/mol. The summed E-state index contributed by atoms with van der Waals surface area (Å²) < 4.78 is 38.9. The van der Waals surface area contributed by atoms with E-state index < -0.39 is 10.2 Å². The number of nitrogens with zero attached hydrogens (tertiary/aromatic N) is 3. The molecule has 1 spiro atoms. The maximum atomic E-state index is 12.3. The average molecular weight is 378 g/mol. The molecule has 0 aromatic carbocycles. The third-order valence-corrected chi connectivity index (χ3v) is 7.23. The van der Waals surface area contributed by atoms with E-state index >= 15 is 0 Å². The smallest absolute Gasteiger partial charge is 0.281 e. The second kappa shape index (κ2) is 8.30. The first kappa shape index (κ1) is 20.6. The first-order valence-corrected chi connectivity index (χ1v) is 10.2. The summed E-state index contributed by atoms with van der Waals surface area (Å²) >= 11 is 0. The van der Waals surface area contributed by atoms with E-state index in [1.807, 2.05) is 0 Å². The highest BCUT2D eigenvalue weighted by Crippen LogP contribution is 2.42. The van der Waals surface area contributed by atoms with Crippen LogP contribution in [0.3, 0.4) is 0 Å². The lowest BCUT2D eigenvalue weighted by Crippen LogP contribution is -2.51. The van der Waals surface area contributed by atoms with Crippen LogP contribution in [0.15, 0.2) is 0 Å². The predicted molar refractivity (Wildman–Crippen MR) is 94.3 cm³/mol. The Balaban J connectivity index is 1.84. The minimum atomic E-state index is -3.36. The van der Waals surface area contributed by atoms with Crippen LogP contribution in [-0.4, -0.2) is 94.5 Å².